The smallest absolute Gasteiger partial charge is 0.0525 e. The lowest BCUT2D eigenvalue weighted by atomic mass is 9.85. The fourth-order valence-electron chi connectivity index (χ4n) is 4.32. The summed E-state index contributed by atoms with van der Waals surface area (Å²) >= 11 is 0. The summed E-state index contributed by atoms with van der Waals surface area (Å²) in [5.41, 5.74) is 7.69. The van der Waals surface area contributed by atoms with Crippen LogP contribution in [0.5, 0.6) is 0 Å². The molecule has 0 heterocycles. The number of benzene rings is 2. The van der Waals surface area contributed by atoms with Crippen LogP contribution in [0.1, 0.15) is 22.2 Å². The van der Waals surface area contributed by atoms with Gasteiger partial charge < -0.3 is 0 Å². The van der Waals surface area contributed by atoms with Crippen molar-refractivity contribution in [3.8, 4) is 11.1 Å². The summed E-state index contributed by atoms with van der Waals surface area (Å²) in [4.78, 5) is 0. The molecule has 0 N–H and O–H groups in total. The van der Waals surface area contributed by atoms with E-state index >= 15 is 0 Å². The van der Waals surface area contributed by atoms with Crippen molar-refractivity contribution in [1.29, 1.82) is 0 Å². The number of hydrogen-bond acceptors (Lipinski definition) is 0. The number of fused-ring (bicyclic) bond motifs is 3. The molecule has 0 saturated carbocycles. The molecule has 1 aliphatic carbocycles. The first-order valence-electron chi connectivity index (χ1n) is 8.39. The summed E-state index contributed by atoms with van der Waals surface area (Å²) in [5, 5.41) is 0. The molecule has 2 atom stereocenters. The van der Waals surface area contributed by atoms with Crippen LogP contribution in [0, 0.1) is 0 Å². The lowest BCUT2D eigenvalue weighted by Gasteiger charge is -2.47. The summed E-state index contributed by atoms with van der Waals surface area (Å²) in [6, 6.07) is 18.4. The van der Waals surface area contributed by atoms with Crippen molar-refractivity contribution < 1.29 is 0 Å². The Morgan fingerprint density at radius 2 is 0.864 bits per heavy atom. The minimum Gasteiger partial charge on any atom is -0.0691 e. The summed E-state index contributed by atoms with van der Waals surface area (Å²) < 4.78 is 0. The normalized spacial score (nSPS) is 21.2. The zero-order valence-corrected chi connectivity index (χ0v) is 16.8. The van der Waals surface area contributed by atoms with E-state index in [1.165, 1.54) is 11.1 Å². The van der Waals surface area contributed by atoms with Gasteiger partial charge in [-0.15, -0.1) is 0 Å². The molecular formula is C20H28Si2. The van der Waals surface area contributed by atoms with Crippen molar-refractivity contribution in [3.05, 3.63) is 59.7 Å². The Hall–Kier alpha value is -1.13. The van der Waals surface area contributed by atoms with Gasteiger partial charge in [-0.1, -0.05) is 87.8 Å². The van der Waals surface area contributed by atoms with Crippen molar-refractivity contribution in [2.45, 2.75) is 50.4 Å². The molecule has 2 aromatic carbocycles. The zero-order chi connectivity index (χ0) is 16.1. The van der Waals surface area contributed by atoms with Gasteiger partial charge in [0.1, 0.15) is 0 Å². The van der Waals surface area contributed by atoms with Crippen LogP contribution in [-0.2, 0) is 0 Å². The third-order valence-electron chi connectivity index (χ3n) is 5.08. The highest BCUT2D eigenvalue weighted by atomic mass is 28.3. The van der Waals surface area contributed by atoms with E-state index in [0.717, 1.165) is 11.1 Å². The Kier molecular flexibility index (Phi) is 3.73. The van der Waals surface area contributed by atoms with Gasteiger partial charge in [-0.05, 0) is 33.3 Å². The van der Waals surface area contributed by atoms with E-state index < -0.39 is 16.1 Å². The molecule has 0 fully saturated rings. The highest BCUT2D eigenvalue weighted by Gasteiger charge is 2.46. The van der Waals surface area contributed by atoms with E-state index in [0.29, 0.717) is 0 Å². The molecule has 2 heteroatoms. The highest BCUT2D eigenvalue weighted by Crippen LogP contribution is 2.53. The Bertz CT molecular complexity index is 628. The zero-order valence-electron chi connectivity index (χ0n) is 14.8. The summed E-state index contributed by atoms with van der Waals surface area (Å²) in [5.74, 6) is 0. The Morgan fingerprint density at radius 3 is 1.18 bits per heavy atom. The summed E-state index contributed by atoms with van der Waals surface area (Å²) in [7, 11) is -2.63. The molecular weight excluding hydrogens is 296 g/mol. The maximum atomic E-state index is 2.55. The molecule has 2 unspecified atom stereocenters. The predicted molar refractivity (Wildman–Crippen MR) is 104 cm³/mol. The van der Waals surface area contributed by atoms with E-state index in [-0.39, 0.29) is 0 Å². The second kappa shape index (κ2) is 5.21. The van der Waals surface area contributed by atoms with Crippen LogP contribution >= 0.6 is 0 Å². The minimum atomic E-state index is -1.31. The average molecular weight is 325 g/mol. The SMILES string of the molecule is C[Si](C)(C)C1c2ccccc2-c2ccccc2C1[Si](C)(C)C. The molecule has 0 aromatic heterocycles. The largest absolute Gasteiger partial charge is 0.0691 e. The first kappa shape index (κ1) is 15.8. The van der Waals surface area contributed by atoms with E-state index in [9.17, 15) is 0 Å². The standard InChI is InChI=1S/C20H28Si2/c1-21(2,3)19-17-13-9-7-11-15(17)16-12-8-10-14-18(16)20(19)22(4,5)6/h7-14,19-20H,1-6H3. The second-order valence-electron chi connectivity index (χ2n) is 8.86. The minimum absolute atomic E-state index is 0.741. The lowest BCUT2D eigenvalue weighted by Crippen LogP contribution is -2.46. The topological polar surface area (TPSA) is 0 Å². The Balaban J connectivity index is 2.35. The van der Waals surface area contributed by atoms with E-state index in [1.54, 1.807) is 11.1 Å². The van der Waals surface area contributed by atoms with Crippen molar-refractivity contribution in [2.24, 2.45) is 0 Å². The molecule has 0 bridgehead atoms. The van der Waals surface area contributed by atoms with Gasteiger partial charge in [0, 0.05) is 0 Å². The highest BCUT2D eigenvalue weighted by molar-refractivity contribution is 6.83. The van der Waals surface area contributed by atoms with Crippen molar-refractivity contribution >= 4 is 16.1 Å². The molecule has 0 radical (unpaired) electrons. The summed E-state index contributed by atoms with van der Waals surface area (Å²) in [6.07, 6.45) is 0. The van der Waals surface area contributed by atoms with Gasteiger partial charge in [-0.2, -0.15) is 0 Å². The van der Waals surface area contributed by atoms with Crippen LogP contribution in [0.3, 0.4) is 0 Å². The fraction of sp³-hybridized carbons (Fsp3) is 0.400. The first-order valence-corrected chi connectivity index (χ1v) is 15.5. The predicted octanol–water partition coefficient (Wildman–Crippen LogP) is 6.29. The molecule has 116 valence electrons. The number of hydrogen-bond donors (Lipinski definition) is 0. The van der Waals surface area contributed by atoms with Gasteiger partial charge >= 0.3 is 0 Å². The fourth-order valence-corrected chi connectivity index (χ4v) is 12.0. The third kappa shape index (κ3) is 2.52. The summed E-state index contributed by atoms with van der Waals surface area (Å²) in [6.45, 7) is 15.3. The van der Waals surface area contributed by atoms with Gasteiger partial charge in [0.25, 0.3) is 0 Å². The van der Waals surface area contributed by atoms with E-state index in [2.05, 4.69) is 87.8 Å². The molecule has 1 aliphatic rings. The average Bonchev–Trinajstić information content (AvgIpc) is 2.43. The van der Waals surface area contributed by atoms with Crippen LogP contribution in [0.4, 0.5) is 0 Å². The third-order valence-corrected chi connectivity index (χ3v) is 10.4. The molecule has 2 aromatic rings. The first-order chi connectivity index (χ1) is 10.2. The Morgan fingerprint density at radius 1 is 0.545 bits per heavy atom. The van der Waals surface area contributed by atoms with Crippen LogP contribution in [-0.4, -0.2) is 16.1 Å². The molecule has 0 aliphatic heterocycles. The molecule has 0 amide bonds. The van der Waals surface area contributed by atoms with Gasteiger partial charge in [0.2, 0.25) is 0 Å². The quantitative estimate of drug-likeness (QED) is 0.569. The van der Waals surface area contributed by atoms with Crippen LogP contribution in [0.25, 0.3) is 11.1 Å². The van der Waals surface area contributed by atoms with E-state index in [1.807, 2.05) is 0 Å². The maximum absolute atomic E-state index is 2.55. The lowest BCUT2D eigenvalue weighted by molar-refractivity contribution is 0.797. The monoisotopic (exact) mass is 324 g/mol. The van der Waals surface area contributed by atoms with Crippen LogP contribution < -0.4 is 0 Å². The van der Waals surface area contributed by atoms with Crippen LogP contribution in [0.15, 0.2) is 48.5 Å². The van der Waals surface area contributed by atoms with Gasteiger partial charge in [0.05, 0.1) is 16.1 Å². The van der Waals surface area contributed by atoms with E-state index in [4.69, 9.17) is 0 Å². The second-order valence-corrected chi connectivity index (χ2v) is 19.6. The molecule has 0 saturated heterocycles. The van der Waals surface area contributed by atoms with Gasteiger partial charge in [0.15, 0.2) is 0 Å². The van der Waals surface area contributed by atoms with Crippen LogP contribution in [0.2, 0.25) is 39.3 Å². The van der Waals surface area contributed by atoms with Gasteiger partial charge in [-0.25, -0.2) is 0 Å². The maximum Gasteiger partial charge on any atom is 0.0525 e. The van der Waals surface area contributed by atoms with Gasteiger partial charge in [-0.3, -0.25) is 0 Å². The van der Waals surface area contributed by atoms with Crippen molar-refractivity contribution in [2.75, 3.05) is 0 Å². The molecule has 0 nitrogen and oxygen atoms in total. The molecule has 3 rings (SSSR count). The van der Waals surface area contributed by atoms with Crippen molar-refractivity contribution in [3.63, 3.8) is 0 Å². The van der Waals surface area contributed by atoms with Crippen molar-refractivity contribution in [1.82, 2.24) is 0 Å². The molecule has 0 spiro atoms. The number of rotatable bonds is 2. The Labute approximate surface area is 137 Å². The molecule has 22 heavy (non-hydrogen) atoms.